The van der Waals surface area contributed by atoms with Crippen molar-refractivity contribution in [2.24, 2.45) is 0 Å². The molecule has 0 aliphatic carbocycles. The fourth-order valence-electron chi connectivity index (χ4n) is 3.07. The molecule has 1 aromatic carbocycles. The normalized spacial score (nSPS) is 18.2. The van der Waals surface area contributed by atoms with E-state index in [0.717, 1.165) is 5.56 Å². The highest BCUT2D eigenvalue weighted by Crippen LogP contribution is 2.50. The quantitative estimate of drug-likeness (QED) is 0.901. The first-order chi connectivity index (χ1) is 9.39. The molecule has 3 N–H and O–H groups in total. The van der Waals surface area contributed by atoms with E-state index in [1.807, 2.05) is 6.92 Å². The third-order valence-electron chi connectivity index (χ3n) is 3.75. The number of quaternary nitrogens is 1. The number of alkyl halides is 3. The van der Waals surface area contributed by atoms with E-state index in [2.05, 4.69) is 5.73 Å². The van der Waals surface area contributed by atoms with Crippen molar-refractivity contribution >= 4 is 0 Å². The van der Waals surface area contributed by atoms with E-state index in [0.29, 0.717) is 43.8 Å². The zero-order chi connectivity index (χ0) is 14.5. The molecule has 2 aliphatic heterocycles. The Labute approximate surface area is 114 Å². The number of hydrogen-bond donors (Lipinski definition) is 1. The van der Waals surface area contributed by atoms with Crippen LogP contribution >= 0.6 is 0 Å². The summed E-state index contributed by atoms with van der Waals surface area (Å²) in [5.41, 5.74) is 5.09. The van der Waals surface area contributed by atoms with Crippen LogP contribution in [0.4, 0.5) is 13.2 Å². The average molecular weight is 288 g/mol. The molecular weight excluding hydrogens is 271 g/mol. The molecule has 1 aromatic rings. The van der Waals surface area contributed by atoms with Gasteiger partial charge in [0.25, 0.3) is 0 Å². The van der Waals surface area contributed by atoms with Gasteiger partial charge >= 0.3 is 6.18 Å². The van der Waals surface area contributed by atoms with E-state index < -0.39 is 11.7 Å². The molecule has 0 aromatic heterocycles. The topological polar surface area (TPSA) is 46.1 Å². The Bertz CT molecular complexity index is 517. The Balaban J connectivity index is 2.26. The summed E-state index contributed by atoms with van der Waals surface area (Å²) >= 11 is 0. The molecule has 0 fully saturated rings. The van der Waals surface area contributed by atoms with E-state index in [1.165, 1.54) is 0 Å². The van der Waals surface area contributed by atoms with Crippen molar-refractivity contribution in [3.05, 3.63) is 22.3 Å². The summed E-state index contributed by atoms with van der Waals surface area (Å²) in [6.07, 6.45) is -2.98. The molecule has 2 heterocycles. The molecule has 0 saturated carbocycles. The van der Waals surface area contributed by atoms with E-state index in [9.17, 15) is 13.2 Å². The van der Waals surface area contributed by atoms with Crippen LogP contribution in [0, 0.1) is 0 Å². The van der Waals surface area contributed by atoms with Crippen LogP contribution in [0.1, 0.15) is 29.2 Å². The van der Waals surface area contributed by atoms with Crippen LogP contribution in [0.5, 0.6) is 11.5 Å². The third kappa shape index (κ3) is 2.02. The van der Waals surface area contributed by atoms with Gasteiger partial charge in [-0.1, -0.05) is 0 Å². The summed E-state index contributed by atoms with van der Waals surface area (Å²) in [4.78, 5) is 0. The SMILES string of the molecule is C[C@@H]([NH3+])Cc1c2c(c(C(F)(F)F)c3c1OCC3)OCC2. The predicted octanol–water partition coefficient (Wildman–Crippen LogP) is 1.75. The van der Waals surface area contributed by atoms with E-state index in [4.69, 9.17) is 9.47 Å². The van der Waals surface area contributed by atoms with Gasteiger partial charge in [0.15, 0.2) is 0 Å². The maximum Gasteiger partial charge on any atom is 0.420 e. The van der Waals surface area contributed by atoms with Crippen molar-refractivity contribution in [2.75, 3.05) is 13.2 Å². The van der Waals surface area contributed by atoms with Crippen molar-refractivity contribution in [2.45, 2.75) is 38.4 Å². The smallest absolute Gasteiger partial charge is 0.420 e. The molecule has 0 amide bonds. The maximum atomic E-state index is 13.3. The molecule has 0 saturated heterocycles. The first kappa shape index (κ1) is 13.5. The Morgan fingerprint density at radius 3 is 2.30 bits per heavy atom. The van der Waals surface area contributed by atoms with Gasteiger partial charge in [-0.2, -0.15) is 13.2 Å². The van der Waals surface area contributed by atoms with Crippen molar-refractivity contribution in [1.82, 2.24) is 0 Å². The second-order valence-electron chi connectivity index (χ2n) is 5.47. The van der Waals surface area contributed by atoms with Crippen LogP contribution in [-0.2, 0) is 25.4 Å². The fraction of sp³-hybridized carbons (Fsp3) is 0.571. The summed E-state index contributed by atoms with van der Waals surface area (Å²) in [6, 6.07) is 0.115. The van der Waals surface area contributed by atoms with Gasteiger partial charge in [0.05, 0.1) is 19.3 Å². The van der Waals surface area contributed by atoms with Crippen LogP contribution in [0.2, 0.25) is 0 Å². The van der Waals surface area contributed by atoms with Crippen LogP contribution in [-0.4, -0.2) is 19.3 Å². The van der Waals surface area contributed by atoms with E-state index >= 15 is 0 Å². The van der Waals surface area contributed by atoms with Gasteiger partial charge in [-0.05, 0) is 6.92 Å². The van der Waals surface area contributed by atoms with E-state index in [-0.39, 0.29) is 17.4 Å². The highest BCUT2D eigenvalue weighted by atomic mass is 19.4. The number of hydrogen-bond acceptors (Lipinski definition) is 2. The second kappa shape index (κ2) is 4.55. The standard InChI is InChI=1S/C14H16F3NO2/c1-7(18)6-10-8-2-4-20-13(8)11(14(15,16)17)9-3-5-19-12(9)10/h7H,2-6,18H2,1H3/p+1/t7-/m1/s1. The summed E-state index contributed by atoms with van der Waals surface area (Å²) in [5.74, 6) is 0.453. The Kier molecular flexibility index (Phi) is 3.08. The molecule has 0 unspecified atom stereocenters. The van der Waals surface area contributed by atoms with Crippen LogP contribution < -0.4 is 15.2 Å². The van der Waals surface area contributed by atoms with Crippen molar-refractivity contribution < 1.29 is 28.4 Å². The lowest BCUT2D eigenvalue weighted by Crippen LogP contribution is -2.60. The molecule has 0 bridgehead atoms. The average Bonchev–Trinajstić information content (AvgIpc) is 2.93. The monoisotopic (exact) mass is 288 g/mol. The molecule has 6 heteroatoms. The number of halogens is 3. The van der Waals surface area contributed by atoms with Crippen molar-refractivity contribution in [1.29, 1.82) is 0 Å². The largest absolute Gasteiger partial charge is 0.493 e. The van der Waals surface area contributed by atoms with Gasteiger partial charge in [0.1, 0.15) is 17.1 Å². The van der Waals surface area contributed by atoms with Crippen molar-refractivity contribution in [3.8, 4) is 11.5 Å². The molecule has 1 atom stereocenters. The molecule has 0 radical (unpaired) electrons. The van der Waals surface area contributed by atoms with Crippen molar-refractivity contribution in [3.63, 3.8) is 0 Å². The lowest BCUT2D eigenvalue weighted by atomic mass is 9.91. The minimum Gasteiger partial charge on any atom is -0.493 e. The summed E-state index contributed by atoms with van der Waals surface area (Å²) < 4.78 is 50.9. The number of rotatable bonds is 2. The van der Waals surface area contributed by atoms with Crippen LogP contribution in [0.15, 0.2) is 0 Å². The lowest BCUT2D eigenvalue weighted by molar-refractivity contribution is -0.413. The highest BCUT2D eigenvalue weighted by molar-refractivity contribution is 5.63. The summed E-state index contributed by atoms with van der Waals surface area (Å²) in [6.45, 7) is 2.56. The minimum atomic E-state index is -4.40. The van der Waals surface area contributed by atoms with Gasteiger partial charge in [-0.15, -0.1) is 0 Å². The number of fused-ring (bicyclic) bond motifs is 2. The molecular formula is C14H17F3NO2+. The molecule has 0 spiro atoms. The summed E-state index contributed by atoms with van der Waals surface area (Å²) in [5, 5.41) is 0. The molecule has 110 valence electrons. The van der Waals surface area contributed by atoms with Gasteiger partial charge in [0, 0.05) is 36.0 Å². The van der Waals surface area contributed by atoms with Gasteiger partial charge in [0.2, 0.25) is 0 Å². The first-order valence-electron chi connectivity index (χ1n) is 6.76. The van der Waals surface area contributed by atoms with Gasteiger partial charge in [-0.25, -0.2) is 0 Å². The van der Waals surface area contributed by atoms with Gasteiger partial charge in [-0.3, -0.25) is 0 Å². The number of ether oxygens (including phenoxy) is 2. The third-order valence-corrected chi connectivity index (χ3v) is 3.75. The minimum absolute atomic E-state index is 0.0254. The van der Waals surface area contributed by atoms with Gasteiger partial charge < -0.3 is 15.2 Å². The fourth-order valence-corrected chi connectivity index (χ4v) is 3.07. The molecule has 3 nitrogen and oxygen atoms in total. The summed E-state index contributed by atoms with van der Waals surface area (Å²) in [7, 11) is 0. The second-order valence-corrected chi connectivity index (χ2v) is 5.47. The van der Waals surface area contributed by atoms with E-state index in [1.54, 1.807) is 0 Å². The zero-order valence-electron chi connectivity index (χ0n) is 11.3. The molecule has 20 heavy (non-hydrogen) atoms. The highest BCUT2D eigenvalue weighted by Gasteiger charge is 2.44. The van der Waals surface area contributed by atoms with Crippen LogP contribution in [0.25, 0.3) is 0 Å². The predicted molar refractivity (Wildman–Crippen MR) is 65.9 cm³/mol. The molecule has 2 aliphatic rings. The zero-order valence-corrected chi connectivity index (χ0v) is 11.3. The Hall–Kier alpha value is -1.43. The Morgan fingerprint density at radius 2 is 1.70 bits per heavy atom. The molecule has 3 rings (SSSR count). The maximum absolute atomic E-state index is 13.3. The first-order valence-corrected chi connectivity index (χ1v) is 6.76. The number of benzene rings is 1. The lowest BCUT2D eigenvalue weighted by Gasteiger charge is -2.19. The Morgan fingerprint density at radius 1 is 1.10 bits per heavy atom. The van der Waals surface area contributed by atoms with Crippen LogP contribution in [0.3, 0.4) is 0 Å².